The molecule has 4 aromatic rings. The van der Waals surface area contributed by atoms with Gasteiger partial charge in [-0.05, 0) is 49.1 Å². The third-order valence-corrected chi connectivity index (χ3v) is 5.07. The van der Waals surface area contributed by atoms with E-state index in [1.165, 1.54) is 27.8 Å². The first-order valence-electron chi connectivity index (χ1n) is 9.23. The summed E-state index contributed by atoms with van der Waals surface area (Å²) in [7, 11) is 2.04. The Balaban J connectivity index is 1.92. The lowest BCUT2D eigenvalue weighted by Gasteiger charge is -2.16. The van der Waals surface area contributed by atoms with E-state index in [0.717, 1.165) is 17.1 Å². The minimum Gasteiger partial charge on any atom is -0.251 e. The minimum atomic E-state index is 1.03. The zero-order chi connectivity index (χ0) is 19.0. The van der Waals surface area contributed by atoms with Crippen molar-refractivity contribution in [3.8, 4) is 28.1 Å². The Kier molecular flexibility index (Phi) is 4.36. The summed E-state index contributed by atoms with van der Waals surface area (Å²) in [6, 6.07) is 21.3. The van der Waals surface area contributed by atoms with E-state index in [4.69, 9.17) is 4.98 Å². The molecule has 0 aliphatic heterocycles. The second-order valence-electron chi connectivity index (χ2n) is 7.03. The summed E-state index contributed by atoms with van der Waals surface area (Å²) in [5.41, 5.74) is 9.29. The van der Waals surface area contributed by atoms with E-state index in [0.29, 0.717) is 0 Å². The van der Waals surface area contributed by atoms with Gasteiger partial charge in [-0.25, -0.2) is 0 Å². The van der Waals surface area contributed by atoms with Crippen LogP contribution in [-0.4, -0.2) is 9.67 Å². The van der Waals surface area contributed by atoms with Crippen molar-refractivity contribution in [2.24, 2.45) is 7.05 Å². The summed E-state index contributed by atoms with van der Waals surface area (Å²) < 4.78 is 4.21. The number of hydrogen-bond donors (Lipinski definition) is 0. The quantitative estimate of drug-likeness (QED) is 0.477. The minimum absolute atomic E-state index is 1.03. The molecule has 27 heavy (non-hydrogen) atoms. The van der Waals surface area contributed by atoms with Crippen LogP contribution in [0.3, 0.4) is 0 Å². The third-order valence-electron chi connectivity index (χ3n) is 5.07. The highest BCUT2D eigenvalue weighted by atomic mass is 15.4. The molecule has 0 bridgehead atoms. The lowest BCUT2D eigenvalue weighted by molar-refractivity contribution is -0.744. The van der Waals surface area contributed by atoms with Gasteiger partial charge in [0.05, 0.1) is 17.6 Å². The lowest BCUT2D eigenvalue weighted by atomic mass is 9.93. The molecule has 0 radical (unpaired) electrons. The summed E-state index contributed by atoms with van der Waals surface area (Å²) in [5, 5.41) is 0. The van der Waals surface area contributed by atoms with Crippen LogP contribution in [0.15, 0.2) is 73.1 Å². The molecule has 4 rings (SSSR count). The maximum Gasteiger partial charge on any atom is 0.195 e. The third kappa shape index (κ3) is 3.06. The van der Waals surface area contributed by atoms with Crippen molar-refractivity contribution in [3.63, 3.8) is 0 Å². The summed E-state index contributed by atoms with van der Waals surface area (Å²) in [6.45, 7) is 6.41. The molecule has 0 aliphatic carbocycles. The number of benzene rings is 2. The Bertz CT molecular complexity index is 1080. The highest BCUT2D eigenvalue weighted by molar-refractivity contribution is 5.84. The first kappa shape index (κ1) is 17.2. The van der Waals surface area contributed by atoms with E-state index in [9.17, 15) is 0 Å². The first-order chi connectivity index (χ1) is 13.1. The van der Waals surface area contributed by atoms with Gasteiger partial charge in [0.25, 0.3) is 0 Å². The SMILES string of the molecule is Cc1cccc(-c2ccccc2)c1-c1cc(C)c(-n2ccc[n+]2C)c(C)n1. The monoisotopic (exact) mass is 354 g/mol. The Hall–Kier alpha value is -3.20. The average molecular weight is 354 g/mol. The van der Waals surface area contributed by atoms with Crippen LogP contribution >= 0.6 is 0 Å². The van der Waals surface area contributed by atoms with Gasteiger partial charge in [0.2, 0.25) is 0 Å². The van der Waals surface area contributed by atoms with Gasteiger partial charge < -0.3 is 0 Å². The van der Waals surface area contributed by atoms with E-state index >= 15 is 0 Å². The van der Waals surface area contributed by atoms with Crippen LogP contribution < -0.4 is 4.68 Å². The van der Waals surface area contributed by atoms with Crippen molar-refractivity contribution in [1.82, 2.24) is 9.67 Å². The number of pyridine rings is 1. The second kappa shape index (κ2) is 6.84. The van der Waals surface area contributed by atoms with Gasteiger partial charge in [-0.1, -0.05) is 48.5 Å². The number of rotatable bonds is 3. The molecule has 0 saturated heterocycles. The second-order valence-corrected chi connectivity index (χ2v) is 7.03. The van der Waals surface area contributed by atoms with Crippen molar-refractivity contribution in [2.45, 2.75) is 20.8 Å². The van der Waals surface area contributed by atoms with Crippen LogP contribution in [0, 0.1) is 20.8 Å². The summed E-state index contributed by atoms with van der Waals surface area (Å²) in [4.78, 5) is 5.01. The van der Waals surface area contributed by atoms with Crippen LogP contribution in [0.2, 0.25) is 0 Å². The van der Waals surface area contributed by atoms with Crippen LogP contribution in [0.5, 0.6) is 0 Å². The van der Waals surface area contributed by atoms with Gasteiger partial charge in [-0.3, -0.25) is 4.98 Å². The smallest absolute Gasteiger partial charge is 0.195 e. The predicted molar refractivity (Wildman–Crippen MR) is 110 cm³/mol. The maximum atomic E-state index is 5.01. The summed E-state index contributed by atoms with van der Waals surface area (Å²) >= 11 is 0. The molecule has 2 aromatic carbocycles. The Morgan fingerprint density at radius 3 is 2.30 bits per heavy atom. The molecule has 0 N–H and O–H groups in total. The van der Waals surface area contributed by atoms with Crippen molar-refractivity contribution in [3.05, 3.63) is 89.9 Å². The van der Waals surface area contributed by atoms with Crippen LogP contribution in [0.4, 0.5) is 0 Å². The van der Waals surface area contributed by atoms with Gasteiger partial charge in [0.1, 0.15) is 5.69 Å². The van der Waals surface area contributed by atoms with Gasteiger partial charge in [0.15, 0.2) is 13.2 Å². The normalized spacial score (nSPS) is 11.0. The zero-order valence-corrected chi connectivity index (χ0v) is 16.3. The van der Waals surface area contributed by atoms with E-state index in [1.807, 2.05) is 19.3 Å². The Morgan fingerprint density at radius 1 is 0.852 bits per heavy atom. The Morgan fingerprint density at radius 2 is 1.63 bits per heavy atom. The molecule has 2 heterocycles. The molecule has 0 spiro atoms. The van der Waals surface area contributed by atoms with Gasteiger partial charge in [-0.2, -0.15) is 0 Å². The fourth-order valence-electron chi connectivity index (χ4n) is 3.82. The number of nitrogens with zero attached hydrogens (tertiary/aromatic N) is 3. The molecule has 3 nitrogen and oxygen atoms in total. The van der Waals surface area contributed by atoms with Gasteiger partial charge in [0, 0.05) is 11.6 Å². The van der Waals surface area contributed by atoms with Crippen molar-refractivity contribution in [2.75, 3.05) is 0 Å². The van der Waals surface area contributed by atoms with Crippen LogP contribution in [0.1, 0.15) is 16.8 Å². The molecule has 0 atom stereocenters. The summed E-state index contributed by atoms with van der Waals surface area (Å²) in [6.07, 6.45) is 4.11. The standard InChI is InChI=1S/C24H24N3/c1-17-10-8-13-21(20-11-6-5-7-12-20)23(17)22-16-18(2)24(19(3)25-22)27-15-9-14-26(27)4/h5-16H,1-4H3/q+1. The molecule has 0 unspecified atom stereocenters. The van der Waals surface area contributed by atoms with E-state index in [2.05, 4.69) is 90.9 Å². The molecule has 0 saturated carbocycles. The van der Waals surface area contributed by atoms with Crippen LogP contribution in [-0.2, 0) is 7.05 Å². The zero-order valence-electron chi connectivity index (χ0n) is 16.3. The van der Waals surface area contributed by atoms with Gasteiger partial charge in [-0.15, -0.1) is 9.36 Å². The summed E-state index contributed by atoms with van der Waals surface area (Å²) in [5.74, 6) is 0. The number of hydrogen-bond acceptors (Lipinski definition) is 1. The molecule has 2 aromatic heterocycles. The molecular formula is C24H24N3+. The topological polar surface area (TPSA) is 21.7 Å². The largest absolute Gasteiger partial charge is 0.251 e. The highest BCUT2D eigenvalue weighted by Crippen LogP contribution is 2.35. The number of aryl methyl sites for hydroxylation is 4. The van der Waals surface area contributed by atoms with E-state index in [-0.39, 0.29) is 0 Å². The van der Waals surface area contributed by atoms with Gasteiger partial charge >= 0.3 is 0 Å². The predicted octanol–water partition coefficient (Wildman–Crippen LogP) is 4.96. The Labute approximate surface area is 160 Å². The fourth-order valence-corrected chi connectivity index (χ4v) is 3.82. The maximum absolute atomic E-state index is 5.01. The lowest BCUT2D eigenvalue weighted by Crippen LogP contribution is -2.37. The molecule has 0 fully saturated rings. The van der Waals surface area contributed by atoms with E-state index in [1.54, 1.807) is 0 Å². The first-order valence-corrected chi connectivity index (χ1v) is 9.23. The van der Waals surface area contributed by atoms with E-state index < -0.39 is 0 Å². The molecule has 0 aliphatic rings. The highest BCUT2D eigenvalue weighted by Gasteiger charge is 2.17. The van der Waals surface area contributed by atoms with Crippen molar-refractivity contribution >= 4 is 0 Å². The van der Waals surface area contributed by atoms with Crippen molar-refractivity contribution < 1.29 is 4.68 Å². The fraction of sp³-hybridized carbons (Fsp3) is 0.167. The molecule has 3 heteroatoms. The molecular weight excluding hydrogens is 330 g/mol. The van der Waals surface area contributed by atoms with Crippen LogP contribution in [0.25, 0.3) is 28.1 Å². The van der Waals surface area contributed by atoms with Crippen molar-refractivity contribution in [1.29, 1.82) is 0 Å². The average Bonchev–Trinajstić information content (AvgIpc) is 3.07. The molecule has 0 amide bonds. The number of aromatic nitrogens is 3. The molecule has 134 valence electrons.